The number of unbranched alkanes of at least 4 members (excludes halogenated alkanes) is 1. The topological polar surface area (TPSA) is 52.6 Å². The Morgan fingerprint density at radius 2 is 2.30 bits per heavy atom. The third-order valence-electron chi connectivity index (χ3n) is 3.51. The maximum absolute atomic E-state index is 11.6. The Bertz CT molecular complexity index is 479. The second kappa shape index (κ2) is 6.88. The quantitative estimate of drug-likeness (QED) is 0.847. The van der Waals surface area contributed by atoms with Crippen LogP contribution >= 0.6 is 11.8 Å². The third-order valence-corrected chi connectivity index (χ3v) is 4.99. The van der Waals surface area contributed by atoms with Gasteiger partial charge in [0.15, 0.2) is 0 Å². The molecule has 0 saturated heterocycles. The fraction of sp³-hybridized carbons (Fsp3) is 0.533. The van der Waals surface area contributed by atoms with Gasteiger partial charge in [0.05, 0.1) is 16.0 Å². The van der Waals surface area contributed by atoms with Crippen LogP contribution in [0.5, 0.6) is 5.75 Å². The van der Waals surface area contributed by atoms with Crippen LogP contribution < -0.4 is 10.2 Å². The number of phenolic OH excluding ortho intramolecular Hbond substituents is 1. The van der Waals surface area contributed by atoms with Crippen LogP contribution in [0.25, 0.3) is 0 Å². The van der Waals surface area contributed by atoms with Gasteiger partial charge in [0.25, 0.3) is 0 Å². The highest BCUT2D eigenvalue weighted by atomic mass is 32.2. The van der Waals surface area contributed by atoms with Crippen molar-refractivity contribution in [2.24, 2.45) is 0 Å². The minimum absolute atomic E-state index is 0.137. The molecule has 2 N–H and O–H groups in total. The molecule has 1 amide bonds. The van der Waals surface area contributed by atoms with Gasteiger partial charge in [0, 0.05) is 20.0 Å². The monoisotopic (exact) mass is 294 g/mol. The van der Waals surface area contributed by atoms with Gasteiger partial charge in [-0.05, 0) is 25.0 Å². The van der Waals surface area contributed by atoms with Gasteiger partial charge >= 0.3 is 0 Å². The number of nitrogens with zero attached hydrogens (tertiary/aromatic N) is 1. The van der Waals surface area contributed by atoms with Crippen LogP contribution in [-0.4, -0.2) is 30.0 Å². The van der Waals surface area contributed by atoms with Crippen molar-refractivity contribution >= 4 is 23.4 Å². The maximum Gasteiger partial charge on any atom is 0.219 e. The van der Waals surface area contributed by atoms with E-state index in [0.717, 1.165) is 29.8 Å². The minimum Gasteiger partial charge on any atom is -0.507 e. The predicted molar refractivity (Wildman–Crippen MR) is 83.3 cm³/mol. The van der Waals surface area contributed by atoms with Gasteiger partial charge in [0.2, 0.25) is 5.91 Å². The summed E-state index contributed by atoms with van der Waals surface area (Å²) in [5, 5.41) is 13.1. The summed E-state index contributed by atoms with van der Waals surface area (Å²) in [7, 11) is 2.03. The molecule has 0 fully saturated rings. The van der Waals surface area contributed by atoms with Gasteiger partial charge in [0.1, 0.15) is 5.75 Å². The van der Waals surface area contributed by atoms with Crippen LogP contribution in [0.4, 0.5) is 5.69 Å². The number of aromatic hydroxyl groups is 1. The number of rotatable bonds is 6. The number of thioether (sulfide) groups is 1. The van der Waals surface area contributed by atoms with E-state index in [-0.39, 0.29) is 11.3 Å². The number of amides is 1. The molecule has 1 aliphatic rings. The first-order valence-corrected chi connectivity index (χ1v) is 7.99. The molecule has 20 heavy (non-hydrogen) atoms. The number of carbonyl (C=O) groups excluding carboxylic acids is 1. The molecule has 0 aromatic heterocycles. The van der Waals surface area contributed by atoms with Crippen LogP contribution in [-0.2, 0) is 4.79 Å². The van der Waals surface area contributed by atoms with Gasteiger partial charge in [-0.2, -0.15) is 0 Å². The number of hydrogen-bond acceptors (Lipinski definition) is 4. The first kappa shape index (κ1) is 15.0. The molecule has 4 nitrogen and oxygen atoms in total. The number of anilines is 1. The van der Waals surface area contributed by atoms with E-state index < -0.39 is 0 Å². The van der Waals surface area contributed by atoms with Crippen molar-refractivity contribution in [1.82, 2.24) is 5.32 Å². The van der Waals surface area contributed by atoms with E-state index in [1.165, 1.54) is 0 Å². The number of carbonyl (C=O) groups is 1. The molecule has 1 atom stereocenters. The van der Waals surface area contributed by atoms with Crippen molar-refractivity contribution in [3.05, 3.63) is 18.2 Å². The van der Waals surface area contributed by atoms with Crippen molar-refractivity contribution in [3.63, 3.8) is 0 Å². The van der Waals surface area contributed by atoms with Crippen LogP contribution in [0, 0.1) is 0 Å². The number of hydrogen-bond donors (Lipinski definition) is 2. The standard InChI is InChI=1S/C15H22N2O2S/c1-3-4-8-13(19)16-10-9-14-17(2)11-6-5-7-12(18)15(11)20-14/h5-7,14,18H,3-4,8-10H2,1-2H3,(H,16,19). The SMILES string of the molecule is CCCCC(=O)NCCC1Sc2c(O)cccc2N1C. The van der Waals surface area contributed by atoms with Crippen molar-refractivity contribution in [2.45, 2.75) is 42.9 Å². The zero-order chi connectivity index (χ0) is 14.5. The van der Waals surface area contributed by atoms with Gasteiger partial charge in [-0.1, -0.05) is 31.2 Å². The molecule has 1 unspecified atom stereocenters. The summed E-state index contributed by atoms with van der Waals surface area (Å²) >= 11 is 1.67. The van der Waals surface area contributed by atoms with E-state index in [1.807, 2.05) is 19.2 Å². The first-order chi connectivity index (χ1) is 9.63. The molecule has 1 heterocycles. The van der Waals surface area contributed by atoms with Crippen molar-refractivity contribution < 1.29 is 9.90 Å². The van der Waals surface area contributed by atoms with E-state index in [4.69, 9.17) is 0 Å². The summed E-state index contributed by atoms with van der Waals surface area (Å²) in [6.07, 6.45) is 3.48. The molecule has 0 saturated carbocycles. The average molecular weight is 294 g/mol. The lowest BCUT2D eigenvalue weighted by atomic mass is 10.2. The van der Waals surface area contributed by atoms with E-state index in [9.17, 15) is 9.90 Å². The molecule has 0 spiro atoms. The molecule has 1 aromatic rings. The summed E-state index contributed by atoms with van der Waals surface area (Å²) in [6, 6.07) is 5.59. The average Bonchev–Trinajstić information content (AvgIpc) is 2.76. The van der Waals surface area contributed by atoms with Crippen LogP contribution in [0.1, 0.15) is 32.6 Å². The fourth-order valence-electron chi connectivity index (χ4n) is 2.30. The van der Waals surface area contributed by atoms with E-state index >= 15 is 0 Å². The number of phenols is 1. The van der Waals surface area contributed by atoms with Crippen LogP contribution in [0.15, 0.2) is 23.1 Å². The third kappa shape index (κ3) is 3.39. The molecule has 2 rings (SSSR count). The van der Waals surface area contributed by atoms with Crippen molar-refractivity contribution in [3.8, 4) is 5.75 Å². The molecule has 1 aliphatic heterocycles. The van der Waals surface area contributed by atoms with Gasteiger partial charge in [-0.15, -0.1) is 0 Å². The molecular weight excluding hydrogens is 272 g/mol. The molecule has 0 aliphatic carbocycles. The van der Waals surface area contributed by atoms with Gasteiger partial charge in [-0.3, -0.25) is 4.79 Å². The maximum atomic E-state index is 11.6. The second-order valence-corrected chi connectivity index (χ2v) is 6.24. The Morgan fingerprint density at radius 1 is 1.50 bits per heavy atom. The number of benzene rings is 1. The number of nitrogens with one attached hydrogen (secondary N) is 1. The predicted octanol–water partition coefficient (Wildman–Crippen LogP) is 2.96. The Labute approximate surface area is 124 Å². The highest BCUT2D eigenvalue weighted by molar-refractivity contribution is 8.00. The van der Waals surface area contributed by atoms with Gasteiger partial charge < -0.3 is 15.3 Å². The van der Waals surface area contributed by atoms with Crippen LogP contribution in [0.3, 0.4) is 0 Å². The lowest BCUT2D eigenvalue weighted by Gasteiger charge is -2.21. The summed E-state index contributed by atoms with van der Waals surface area (Å²) in [5.74, 6) is 0.478. The van der Waals surface area contributed by atoms with Gasteiger partial charge in [-0.25, -0.2) is 0 Å². The van der Waals surface area contributed by atoms with Crippen molar-refractivity contribution in [1.29, 1.82) is 0 Å². The largest absolute Gasteiger partial charge is 0.507 e. The molecule has 110 valence electrons. The lowest BCUT2D eigenvalue weighted by molar-refractivity contribution is -0.121. The van der Waals surface area contributed by atoms with Crippen LogP contribution in [0.2, 0.25) is 0 Å². The summed E-state index contributed by atoms with van der Waals surface area (Å²) in [4.78, 5) is 14.7. The smallest absolute Gasteiger partial charge is 0.219 e. The highest BCUT2D eigenvalue weighted by Gasteiger charge is 2.28. The van der Waals surface area contributed by atoms with Crippen molar-refractivity contribution in [2.75, 3.05) is 18.5 Å². The number of fused-ring (bicyclic) bond motifs is 1. The Balaban J connectivity index is 1.82. The lowest BCUT2D eigenvalue weighted by Crippen LogP contribution is -2.31. The summed E-state index contributed by atoms with van der Waals surface area (Å²) < 4.78 is 0. The molecular formula is C15H22N2O2S. The zero-order valence-corrected chi connectivity index (χ0v) is 12.9. The first-order valence-electron chi connectivity index (χ1n) is 7.11. The zero-order valence-electron chi connectivity index (χ0n) is 12.1. The fourth-order valence-corrected chi connectivity index (χ4v) is 3.60. The summed E-state index contributed by atoms with van der Waals surface area (Å²) in [6.45, 7) is 2.76. The molecule has 1 aromatic carbocycles. The highest BCUT2D eigenvalue weighted by Crippen LogP contribution is 2.47. The molecule has 5 heteroatoms. The Hall–Kier alpha value is -1.36. The van der Waals surface area contributed by atoms with E-state index in [1.54, 1.807) is 17.8 Å². The molecule has 0 radical (unpaired) electrons. The summed E-state index contributed by atoms with van der Waals surface area (Å²) in [5.41, 5.74) is 1.07. The molecule has 0 bridgehead atoms. The van der Waals surface area contributed by atoms with E-state index in [0.29, 0.717) is 18.7 Å². The Morgan fingerprint density at radius 3 is 3.00 bits per heavy atom. The second-order valence-electron chi connectivity index (χ2n) is 5.05. The Kier molecular flexibility index (Phi) is 5.17. The minimum atomic E-state index is 0.137. The van der Waals surface area contributed by atoms with E-state index in [2.05, 4.69) is 17.1 Å². The normalized spacial score (nSPS) is 17.1.